The summed E-state index contributed by atoms with van der Waals surface area (Å²) in [6.07, 6.45) is 1.48. The van der Waals surface area contributed by atoms with Crippen LogP contribution in [0.15, 0.2) is 60.9 Å². The van der Waals surface area contributed by atoms with E-state index in [-0.39, 0.29) is 5.02 Å². The van der Waals surface area contributed by atoms with E-state index in [0.29, 0.717) is 18.1 Å². The van der Waals surface area contributed by atoms with Crippen LogP contribution in [0, 0.1) is 5.82 Å². The molecule has 0 saturated carbocycles. The van der Waals surface area contributed by atoms with Crippen LogP contribution in [0.25, 0.3) is 10.9 Å². The Morgan fingerprint density at radius 2 is 1.77 bits per heavy atom. The first-order valence-electron chi connectivity index (χ1n) is 9.49. The summed E-state index contributed by atoms with van der Waals surface area (Å²) in [6, 6.07) is 15.9. The van der Waals surface area contributed by atoms with Gasteiger partial charge >= 0.3 is 0 Å². The number of methoxy groups -OCH3 is 2. The molecule has 4 aromatic rings. The van der Waals surface area contributed by atoms with Crippen LogP contribution in [0.2, 0.25) is 5.02 Å². The van der Waals surface area contributed by atoms with Crippen molar-refractivity contribution in [3.63, 3.8) is 0 Å². The molecule has 0 amide bonds. The van der Waals surface area contributed by atoms with Gasteiger partial charge in [-0.1, -0.05) is 11.6 Å². The van der Waals surface area contributed by atoms with Crippen LogP contribution in [0.4, 0.5) is 21.6 Å². The first-order valence-corrected chi connectivity index (χ1v) is 9.87. The molecule has 0 aliphatic heterocycles. The standard InChI is InChI=1S/C23H20ClFN4O2/c1-30-17-6-3-14(22(11-17)31-2)12-26-15-5-8-21-18(9-15)23(28-13-27-21)29-16-4-7-20(25)19(24)10-16/h3-11,13,26H,12H2,1-2H3,(H,27,28,29). The van der Waals surface area contributed by atoms with Crippen LogP contribution in [0.5, 0.6) is 11.5 Å². The summed E-state index contributed by atoms with van der Waals surface area (Å²) < 4.78 is 24.2. The summed E-state index contributed by atoms with van der Waals surface area (Å²) in [4.78, 5) is 8.66. The maximum Gasteiger partial charge on any atom is 0.141 e. The van der Waals surface area contributed by atoms with Gasteiger partial charge in [-0.2, -0.15) is 0 Å². The molecule has 8 heteroatoms. The zero-order valence-electron chi connectivity index (χ0n) is 16.9. The predicted octanol–water partition coefficient (Wildman–Crippen LogP) is 5.80. The van der Waals surface area contributed by atoms with Gasteiger partial charge in [-0.3, -0.25) is 0 Å². The van der Waals surface area contributed by atoms with Crippen molar-refractivity contribution in [1.82, 2.24) is 9.97 Å². The number of anilines is 3. The van der Waals surface area contributed by atoms with E-state index in [1.807, 2.05) is 36.4 Å². The Labute approximate surface area is 184 Å². The molecule has 0 saturated heterocycles. The van der Waals surface area contributed by atoms with E-state index < -0.39 is 5.82 Å². The zero-order chi connectivity index (χ0) is 21.8. The number of nitrogens with zero attached hydrogens (tertiary/aromatic N) is 2. The molecular weight excluding hydrogens is 419 g/mol. The van der Waals surface area contributed by atoms with E-state index in [2.05, 4.69) is 20.6 Å². The largest absolute Gasteiger partial charge is 0.497 e. The molecule has 0 atom stereocenters. The molecule has 2 N–H and O–H groups in total. The second-order valence-corrected chi connectivity index (χ2v) is 7.15. The molecule has 31 heavy (non-hydrogen) atoms. The fourth-order valence-corrected chi connectivity index (χ4v) is 3.35. The molecule has 0 aliphatic carbocycles. The molecule has 4 rings (SSSR count). The minimum Gasteiger partial charge on any atom is -0.497 e. The molecule has 158 valence electrons. The highest BCUT2D eigenvalue weighted by atomic mass is 35.5. The summed E-state index contributed by atoms with van der Waals surface area (Å²) in [5.41, 5.74) is 3.29. The van der Waals surface area contributed by atoms with Gasteiger partial charge in [0, 0.05) is 34.9 Å². The summed E-state index contributed by atoms with van der Waals surface area (Å²) in [7, 11) is 3.25. The first-order chi connectivity index (χ1) is 15.1. The second kappa shape index (κ2) is 9.06. The van der Waals surface area contributed by atoms with Crippen molar-refractivity contribution in [2.75, 3.05) is 24.9 Å². The summed E-state index contributed by atoms with van der Waals surface area (Å²) >= 11 is 5.89. The zero-order valence-corrected chi connectivity index (χ0v) is 17.7. The Morgan fingerprint density at radius 3 is 2.55 bits per heavy atom. The van der Waals surface area contributed by atoms with Crippen molar-refractivity contribution >= 4 is 39.7 Å². The van der Waals surface area contributed by atoms with Gasteiger partial charge in [0.2, 0.25) is 0 Å². The lowest BCUT2D eigenvalue weighted by Crippen LogP contribution is -2.03. The third-order valence-electron chi connectivity index (χ3n) is 4.79. The van der Waals surface area contributed by atoms with Gasteiger partial charge in [0.15, 0.2) is 0 Å². The number of hydrogen-bond donors (Lipinski definition) is 2. The molecule has 1 aromatic heterocycles. The number of aromatic nitrogens is 2. The van der Waals surface area contributed by atoms with Crippen LogP contribution < -0.4 is 20.1 Å². The SMILES string of the molecule is COc1ccc(CNc2ccc3ncnc(Nc4ccc(F)c(Cl)c4)c3c2)c(OC)c1. The van der Waals surface area contributed by atoms with Crippen molar-refractivity contribution < 1.29 is 13.9 Å². The van der Waals surface area contributed by atoms with Gasteiger partial charge in [0.1, 0.15) is 29.5 Å². The molecule has 0 fully saturated rings. The van der Waals surface area contributed by atoms with Crippen molar-refractivity contribution in [2.24, 2.45) is 0 Å². The molecular formula is C23H20ClFN4O2. The Balaban J connectivity index is 1.59. The molecule has 3 aromatic carbocycles. The summed E-state index contributed by atoms with van der Waals surface area (Å²) in [5, 5.41) is 7.44. The summed E-state index contributed by atoms with van der Waals surface area (Å²) in [5.74, 6) is 1.60. The molecule has 6 nitrogen and oxygen atoms in total. The number of benzene rings is 3. The lowest BCUT2D eigenvalue weighted by Gasteiger charge is -2.13. The fraction of sp³-hybridized carbons (Fsp3) is 0.130. The Hall–Kier alpha value is -3.58. The van der Waals surface area contributed by atoms with Gasteiger partial charge in [-0.05, 0) is 48.5 Å². The third kappa shape index (κ3) is 4.62. The normalized spacial score (nSPS) is 10.7. The van der Waals surface area contributed by atoms with Crippen LogP contribution in [0.1, 0.15) is 5.56 Å². The number of nitrogens with one attached hydrogen (secondary N) is 2. The lowest BCUT2D eigenvalue weighted by atomic mass is 10.1. The molecule has 0 spiro atoms. The second-order valence-electron chi connectivity index (χ2n) is 6.74. The smallest absolute Gasteiger partial charge is 0.141 e. The average molecular weight is 439 g/mol. The topological polar surface area (TPSA) is 68.3 Å². The first kappa shape index (κ1) is 20.7. The Kier molecular flexibility index (Phi) is 6.04. The van der Waals surface area contributed by atoms with Gasteiger partial charge in [-0.15, -0.1) is 0 Å². The molecule has 0 bridgehead atoms. The van der Waals surface area contributed by atoms with E-state index >= 15 is 0 Å². The van der Waals surface area contributed by atoms with Crippen molar-refractivity contribution in [3.8, 4) is 11.5 Å². The predicted molar refractivity (Wildman–Crippen MR) is 121 cm³/mol. The quantitative estimate of drug-likeness (QED) is 0.380. The van der Waals surface area contributed by atoms with Crippen LogP contribution in [0.3, 0.4) is 0 Å². The number of halogens is 2. The van der Waals surface area contributed by atoms with Gasteiger partial charge < -0.3 is 20.1 Å². The average Bonchev–Trinajstić information content (AvgIpc) is 2.80. The van der Waals surface area contributed by atoms with Crippen LogP contribution >= 0.6 is 11.6 Å². The number of fused-ring (bicyclic) bond motifs is 1. The maximum atomic E-state index is 13.5. The molecule has 0 unspecified atom stereocenters. The molecule has 0 radical (unpaired) electrons. The molecule has 0 aliphatic rings. The lowest BCUT2D eigenvalue weighted by molar-refractivity contribution is 0.391. The molecule has 1 heterocycles. The Morgan fingerprint density at radius 1 is 0.935 bits per heavy atom. The van der Waals surface area contributed by atoms with Crippen LogP contribution in [-0.2, 0) is 6.54 Å². The monoisotopic (exact) mass is 438 g/mol. The van der Waals surface area contributed by atoms with E-state index in [4.69, 9.17) is 21.1 Å². The van der Waals surface area contributed by atoms with E-state index in [1.54, 1.807) is 20.3 Å². The van der Waals surface area contributed by atoms with Crippen molar-refractivity contribution in [3.05, 3.63) is 77.3 Å². The summed E-state index contributed by atoms with van der Waals surface area (Å²) in [6.45, 7) is 0.558. The van der Waals surface area contributed by atoms with E-state index in [9.17, 15) is 4.39 Å². The van der Waals surface area contributed by atoms with E-state index in [1.165, 1.54) is 18.5 Å². The highest BCUT2D eigenvalue weighted by molar-refractivity contribution is 6.31. The Bertz CT molecular complexity index is 1240. The fourth-order valence-electron chi connectivity index (χ4n) is 3.17. The minimum absolute atomic E-state index is 0.0409. The van der Waals surface area contributed by atoms with Gasteiger partial charge in [-0.25, -0.2) is 14.4 Å². The number of hydrogen-bond acceptors (Lipinski definition) is 6. The number of rotatable bonds is 7. The highest BCUT2D eigenvalue weighted by Crippen LogP contribution is 2.29. The third-order valence-corrected chi connectivity index (χ3v) is 5.08. The van der Waals surface area contributed by atoms with Crippen molar-refractivity contribution in [2.45, 2.75) is 6.54 Å². The minimum atomic E-state index is -0.472. The van der Waals surface area contributed by atoms with Gasteiger partial charge in [0.05, 0.1) is 24.8 Å². The van der Waals surface area contributed by atoms with E-state index in [0.717, 1.165) is 33.7 Å². The van der Waals surface area contributed by atoms with Crippen LogP contribution in [-0.4, -0.2) is 24.2 Å². The highest BCUT2D eigenvalue weighted by Gasteiger charge is 2.09. The van der Waals surface area contributed by atoms with Gasteiger partial charge in [0.25, 0.3) is 0 Å². The van der Waals surface area contributed by atoms with Crippen molar-refractivity contribution in [1.29, 1.82) is 0 Å². The maximum absolute atomic E-state index is 13.5. The number of ether oxygens (including phenoxy) is 2.